The lowest BCUT2D eigenvalue weighted by molar-refractivity contribution is -0.132. The zero-order valence-electron chi connectivity index (χ0n) is 13.2. The minimum absolute atomic E-state index is 0.0989. The van der Waals surface area contributed by atoms with Crippen LogP contribution in [0.15, 0.2) is 16.5 Å². The van der Waals surface area contributed by atoms with Gasteiger partial charge in [-0.2, -0.15) is 0 Å². The summed E-state index contributed by atoms with van der Waals surface area (Å²) in [6, 6.07) is 3.57. The molecule has 0 aliphatic carbocycles. The number of hydrogen-bond donors (Lipinski definition) is 1. The number of carbonyl (C=O) groups excluding carboxylic acids is 2. The molecule has 1 aromatic rings. The quantitative estimate of drug-likeness (QED) is 0.907. The summed E-state index contributed by atoms with van der Waals surface area (Å²) >= 11 is 0. The lowest BCUT2D eigenvalue weighted by atomic mass is 9.79. The Labute approximate surface area is 130 Å². The summed E-state index contributed by atoms with van der Waals surface area (Å²) in [6.07, 6.45) is 2.60. The van der Waals surface area contributed by atoms with Gasteiger partial charge in [-0.25, -0.2) is 0 Å². The molecule has 2 fully saturated rings. The molecule has 1 atom stereocenters. The van der Waals surface area contributed by atoms with Crippen LogP contribution in [0.1, 0.15) is 35.6 Å². The van der Waals surface area contributed by atoms with Gasteiger partial charge in [-0.15, -0.1) is 0 Å². The molecule has 0 saturated carbocycles. The molecule has 2 aliphatic rings. The van der Waals surface area contributed by atoms with Crippen LogP contribution < -0.4 is 5.32 Å². The third-order valence-corrected chi connectivity index (χ3v) is 4.58. The van der Waals surface area contributed by atoms with Crippen molar-refractivity contribution in [2.45, 2.75) is 25.8 Å². The van der Waals surface area contributed by atoms with E-state index < -0.39 is 0 Å². The van der Waals surface area contributed by atoms with Gasteiger partial charge in [0.25, 0.3) is 5.91 Å². The zero-order valence-corrected chi connectivity index (χ0v) is 13.2. The second-order valence-electron chi connectivity index (χ2n) is 6.62. The van der Waals surface area contributed by atoms with Crippen LogP contribution in [0.25, 0.3) is 0 Å². The number of hydrogen-bond acceptors (Lipinski definition) is 4. The van der Waals surface area contributed by atoms with E-state index in [0.29, 0.717) is 25.4 Å². The van der Waals surface area contributed by atoms with E-state index in [1.165, 1.54) is 0 Å². The molecule has 2 amide bonds. The maximum absolute atomic E-state index is 12.6. The minimum atomic E-state index is -0.382. The third-order valence-electron chi connectivity index (χ3n) is 4.58. The molecule has 2 aliphatic heterocycles. The summed E-state index contributed by atoms with van der Waals surface area (Å²) in [5.74, 6) is 1.13. The van der Waals surface area contributed by atoms with E-state index >= 15 is 0 Å². The molecule has 3 heterocycles. The normalized spacial score (nSPS) is 25.0. The monoisotopic (exact) mass is 305 g/mol. The van der Waals surface area contributed by atoms with Crippen LogP contribution in [0, 0.1) is 5.41 Å². The molecule has 1 aromatic heterocycles. The van der Waals surface area contributed by atoms with Crippen LogP contribution in [-0.4, -0.2) is 55.3 Å². The maximum atomic E-state index is 12.6. The smallest absolute Gasteiger partial charge is 0.289 e. The van der Waals surface area contributed by atoms with E-state index in [-0.39, 0.29) is 17.2 Å². The molecule has 3 rings (SSSR count). The van der Waals surface area contributed by atoms with Crippen LogP contribution in [0.5, 0.6) is 0 Å². The number of furan rings is 1. The zero-order chi connectivity index (χ0) is 15.7. The minimum Gasteiger partial charge on any atom is -0.455 e. The van der Waals surface area contributed by atoms with Gasteiger partial charge in [-0.1, -0.05) is 0 Å². The molecular weight excluding hydrogens is 282 g/mol. The first-order chi connectivity index (χ1) is 10.5. The fraction of sp³-hybridized carbons (Fsp3) is 0.625. The molecule has 1 unspecified atom stereocenters. The summed E-state index contributed by atoms with van der Waals surface area (Å²) in [4.78, 5) is 28.5. The second kappa shape index (κ2) is 5.76. The summed E-state index contributed by atoms with van der Waals surface area (Å²) in [7, 11) is 3.91. The topological polar surface area (TPSA) is 65.8 Å². The van der Waals surface area contributed by atoms with Gasteiger partial charge in [0.05, 0.1) is 12.0 Å². The molecule has 6 heteroatoms. The Balaban J connectivity index is 1.68. The first kappa shape index (κ1) is 15.1. The van der Waals surface area contributed by atoms with Crippen molar-refractivity contribution < 1.29 is 14.0 Å². The summed E-state index contributed by atoms with van der Waals surface area (Å²) in [6.45, 7) is 2.54. The van der Waals surface area contributed by atoms with E-state index in [1.54, 1.807) is 11.0 Å². The van der Waals surface area contributed by atoms with E-state index in [1.807, 2.05) is 25.1 Å². The fourth-order valence-corrected chi connectivity index (χ4v) is 3.41. The van der Waals surface area contributed by atoms with Crippen molar-refractivity contribution in [3.63, 3.8) is 0 Å². The summed E-state index contributed by atoms with van der Waals surface area (Å²) in [5, 5.41) is 2.93. The van der Waals surface area contributed by atoms with Crippen LogP contribution in [0.2, 0.25) is 0 Å². The second-order valence-corrected chi connectivity index (χ2v) is 6.62. The Morgan fingerprint density at radius 3 is 2.95 bits per heavy atom. The summed E-state index contributed by atoms with van der Waals surface area (Å²) < 4.78 is 5.64. The van der Waals surface area contributed by atoms with Gasteiger partial charge in [-0.05, 0) is 45.5 Å². The van der Waals surface area contributed by atoms with Crippen molar-refractivity contribution in [3.8, 4) is 0 Å². The lowest BCUT2D eigenvalue weighted by Crippen LogP contribution is -2.47. The van der Waals surface area contributed by atoms with Gasteiger partial charge >= 0.3 is 0 Å². The number of carbonyl (C=O) groups is 2. The highest BCUT2D eigenvalue weighted by Gasteiger charge is 2.47. The Kier molecular flexibility index (Phi) is 3.95. The summed E-state index contributed by atoms with van der Waals surface area (Å²) in [5.41, 5.74) is -0.382. The Bertz CT molecular complexity index is 581. The number of nitrogens with one attached hydrogen (secondary N) is 1. The van der Waals surface area contributed by atoms with Gasteiger partial charge in [-0.3, -0.25) is 9.59 Å². The van der Waals surface area contributed by atoms with E-state index in [9.17, 15) is 9.59 Å². The highest BCUT2D eigenvalue weighted by atomic mass is 16.4. The molecule has 0 aromatic carbocycles. The van der Waals surface area contributed by atoms with Crippen LogP contribution in [-0.2, 0) is 11.3 Å². The number of nitrogens with zero attached hydrogens (tertiary/aromatic N) is 2. The van der Waals surface area contributed by atoms with Crippen molar-refractivity contribution in [2.24, 2.45) is 5.41 Å². The van der Waals surface area contributed by atoms with Crippen LogP contribution in [0.3, 0.4) is 0 Å². The molecule has 6 nitrogen and oxygen atoms in total. The number of amides is 2. The SMILES string of the molecule is CN(C)Cc1ccc(C(=O)N2CCC3(CCCNC3=O)C2)o1. The number of likely N-dealkylation sites (tertiary alicyclic amines) is 1. The van der Waals surface area contributed by atoms with Crippen molar-refractivity contribution >= 4 is 11.8 Å². The lowest BCUT2D eigenvalue weighted by Gasteiger charge is -2.31. The van der Waals surface area contributed by atoms with Crippen molar-refractivity contribution in [2.75, 3.05) is 33.7 Å². The molecule has 0 bridgehead atoms. The highest BCUT2D eigenvalue weighted by molar-refractivity contribution is 5.93. The fourth-order valence-electron chi connectivity index (χ4n) is 3.41. The Hall–Kier alpha value is -1.82. The molecule has 2 saturated heterocycles. The standard InChI is InChI=1S/C16H23N3O3/c1-18(2)10-12-4-5-13(22-12)14(20)19-9-7-16(11-19)6-3-8-17-15(16)21/h4-5H,3,6-11H2,1-2H3,(H,17,21). The molecule has 120 valence electrons. The Morgan fingerprint density at radius 2 is 2.23 bits per heavy atom. The maximum Gasteiger partial charge on any atom is 0.289 e. The van der Waals surface area contributed by atoms with E-state index in [0.717, 1.165) is 31.6 Å². The first-order valence-corrected chi connectivity index (χ1v) is 7.81. The molecule has 1 N–H and O–H groups in total. The molecule has 22 heavy (non-hydrogen) atoms. The Morgan fingerprint density at radius 1 is 1.41 bits per heavy atom. The van der Waals surface area contributed by atoms with Gasteiger partial charge in [0.15, 0.2) is 5.76 Å². The van der Waals surface area contributed by atoms with Crippen molar-refractivity contribution in [3.05, 3.63) is 23.7 Å². The average molecular weight is 305 g/mol. The molecule has 0 radical (unpaired) electrons. The van der Waals surface area contributed by atoms with Gasteiger partial charge < -0.3 is 19.5 Å². The van der Waals surface area contributed by atoms with Crippen molar-refractivity contribution in [1.82, 2.24) is 15.1 Å². The third kappa shape index (κ3) is 2.75. The van der Waals surface area contributed by atoms with Crippen molar-refractivity contribution in [1.29, 1.82) is 0 Å². The first-order valence-electron chi connectivity index (χ1n) is 7.81. The van der Waals surface area contributed by atoms with Crippen LogP contribution in [0.4, 0.5) is 0 Å². The number of rotatable bonds is 3. The average Bonchev–Trinajstić information content (AvgIpc) is 3.09. The van der Waals surface area contributed by atoms with E-state index in [4.69, 9.17) is 4.42 Å². The van der Waals surface area contributed by atoms with Crippen LogP contribution >= 0.6 is 0 Å². The van der Waals surface area contributed by atoms with Gasteiger partial charge in [0, 0.05) is 19.6 Å². The number of piperidine rings is 1. The largest absolute Gasteiger partial charge is 0.455 e. The highest BCUT2D eigenvalue weighted by Crippen LogP contribution is 2.37. The molecular formula is C16H23N3O3. The predicted molar refractivity (Wildman–Crippen MR) is 81.3 cm³/mol. The van der Waals surface area contributed by atoms with Gasteiger partial charge in [0.2, 0.25) is 5.91 Å². The molecule has 1 spiro atoms. The van der Waals surface area contributed by atoms with E-state index in [2.05, 4.69) is 5.32 Å². The van der Waals surface area contributed by atoms with Gasteiger partial charge in [0.1, 0.15) is 5.76 Å². The predicted octanol–water partition coefficient (Wildman–Crippen LogP) is 1.08.